The SMILES string of the molecule is C[S][U]([CH3])[SH]. The predicted octanol–water partition coefficient (Wildman–Crippen LogP) is 1.78. The molecule has 0 nitrogen and oxygen atoms in total. The van der Waals surface area contributed by atoms with Crippen LogP contribution in [0.25, 0.3) is 0 Å². The van der Waals surface area contributed by atoms with Crippen molar-refractivity contribution in [1.82, 2.24) is 0 Å². The summed E-state index contributed by atoms with van der Waals surface area (Å²) >= 11 is -1.16. The molecule has 0 aliphatic rings. The first-order valence-corrected chi connectivity index (χ1v) is 17.9. The van der Waals surface area contributed by atoms with Crippen molar-refractivity contribution in [2.24, 2.45) is 0 Å². The second-order valence-corrected chi connectivity index (χ2v) is 25.3. The van der Waals surface area contributed by atoms with Crippen LogP contribution in [0.3, 0.4) is 0 Å². The van der Waals surface area contributed by atoms with Crippen molar-refractivity contribution in [2.45, 2.75) is 3.96 Å². The summed E-state index contributed by atoms with van der Waals surface area (Å²) in [6.07, 6.45) is 2.14. The summed E-state index contributed by atoms with van der Waals surface area (Å²) in [5, 5.41) is 0. The summed E-state index contributed by atoms with van der Waals surface area (Å²) in [6, 6.07) is 0. The Labute approximate surface area is 48.5 Å². The monoisotopic (exact) mass is 333 g/mol. The van der Waals surface area contributed by atoms with Crippen LogP contribution in [-0.4, -0.2) is 6.26 Å². The Balaban J connectivity index is 2.54. The fourth-order valence-electron chi connectivity index (χ4n) is 0. The molecule has 0 fully saturated rings. The van der Waals surface area contributed by atoms with Crippen molar-refractivity contribution < 1.29 is 22.8 Å². The van der Waals surface area contributed by atoms with Crippen molar-refractivity contribution in [2.75, 3.05) is 6.26 Å². The first-order valence-electron chi connectivity index (χ1n) is 1.34. The zero-order valence-electron chi connectivity index (χ0n) is 3.36. The first kappa shape index (κ1) is 6.75. The van der Waals surface area contributed by atoms with Crippen molar-refractivity contribution in [3.8, 4) is 0 Å². The van der Waals surface area contributed by atoms with Crippen LogP contribution in [0.15, 0.2) is 0 Å². The van der Waals surface area contributed by atoms with E-state index in [9.17, 15) is 0 Å². The van der Waals surface area contributed by atoms with Crippen LogP contribution in [0.1, 0.15) is 0 Å². The zero-order valence-corrected chi connectivity index (χ0v) is 9.23. The summed E-state index contributed by atoms with van der Waals surface area (Å²) in [7, 11) is 6.25. The van der Waals surface area contributed by atoms with Gasteiger partial charge in [0.25, 0.3) is 0 Å². The van der Waals surface area contributed by atoms with Crippen molar-refractivity contribution in [3.05, 3.63) is 0 Å². The van der Waals surface area contributed by atoms with E-state index in [1.807, 2.05) is 7.59 Å². The van der Waals surface area contributed by atoms with Gasteiger partial charge in [0, 0.05) is 0 Å². The molecule has 31 valence electrons. The van der Waals surface area contributed by atoms with Gasteiger partial charge >= 0.3 is 49.0 Å². The minimum atomic E-state index is -1.16. The maximum atomic E-state index is 4.28. The second-order valence-electron chi connectivity index (χ2n) is 0.723. The van der Waals surface area contributed by atoms with Gasteiger partial charge < -0.3 is 0 Å². The summed E-state index contributed by atoms with van der Waals surface area (Å²) in [6.45, 7) is 0. The average Bonchev–Trinajstić information content (AvgIpc) is 1.38. The predicted molar refractivity (Wildman–Crippen MR) is 28.4 cm³/mol. The minimum absolute atomic E-state index is 1.16. The van der Waals surface area contributed by atoms with Crippen molar-refractivity contribution in [1.29, 1.82) is 0 Å². The Morgan fingerprint density at radius 3 is 2.00 bits per heavy atom. The number of rotatable bonds is 1. The summed E-state index contributed by atoms with van der Waals surface area (Å²) in [5.41, 5.74) is 0. The van der Waals surface area contributed by atoms with Gasteiger partial charge in [-0.05, 0) is 0 Å². The Morgan fingerprint density at radius 1 is 1.80 bits per heavy atom. The molecular formula is C2H7S2U. The Bertz CT molecular complexity index is 21.6. The molecule has 0 radical (unpaired) electrons. The Morgan fingerprint density at radius 2 is 2.00 bits per heavy atom. The van der Waals surface area contributed by atoms with Gasteiger partial charge in [-0.25, -0.2) is 0 Å². The molecule has 0 atom stereocenters. The fourth-order valence-corrected chi connectivity index (χ4v) is 0. The Hall–Kier alpha value is 1.75. The normalized spacial score (nSPS) is 7.80. The van der Waals surface area contributed by atoms with Gasteiger partial charge in [-0.3, -0.25) is 0 Å². The van der Waals surface area contributed by atoms with E-state index < -0.39 is 22.8 Å². The number of hydrogen-bond donors (Lipinski definition) is 1. The van der Waals surface area contributed by atoms with Gasteiger partial charge in [0.1, 0.15) is 0 Å². The van der Waals surface area contributed by atoms with Gasteiger partial charge in [-0.15, -0.1) is 0 Å². The van der Waals surface area contributed by atoms with E-state index in [2.05, 4.69) is 18.7 Å². The molecule has 0 unspecified atom stereocenters. The molecule has 0 rings (SSSR count). The van der Waals surface area contributed by atoms with Gasteiger partial charge in [-0.2, -0.15) is 0 Å². The second kappa shape index (κ2) is 3.93. The van der Waals surface area contributed by atoms with Crippen LogP contribution in [0.2, 0.25) is 3.96 Å². The first-order chi connectivity index (χ1) is 2.27. The molecule has 0 amide bonds. The zero-order chi connectivity index (χ0) is 4.28. The van der Waals surface area contributed by atoms with E-state index in [4.69, 9.17) is 0 Å². The molecule has 0 bridgehead atoms. The molecule has 0 spiro atoms. The van der Waals surface area contributed by atoms with Crippen molar-refractivity contribution in [3.63, 3.8) is 0 Å². The molecule has 0 aromatic carbocycles. The van der Waals surface area contributed by atoms with Gasteiger partial charge in [-0.1, -0.05) is 0 Å². The third-order valence-electron chi connectivity index (χ3n) is 0.295. The summed E-state index contributed by atoms with van der Waals surface area (Å²) in [5.74, 6) is 0. The Kier molecular flexibility index (Phi) is 5.30. The van der Waals surface area contributed by atoms with Crippen LogP contribution in [0, 0.1) is 22.8 Å². The molecule has 5 heavy (non-hydrogen) atoms. The number of thiol groups is 1. The van der Waals surface area contributed by atoms with E-state index >= 15 is 0 Å². The standard InChI is InChI=1S/CH4S.CH3.H2S.U/c1-2;;;/h2H,1H3;1H3;1H2;/q;;;+2/p-2. The van der Waals surface area contributed by atoms with E-state index in [0.29, 0.717) is 0 Å². The third-order valence-corrected chi connectivity index (χ3v) is 13.4. The molecule has 0 N–H and O–H groups in total. The van der Waals surface area contributed by atoms with E-state index in [1.54, 1.807) is 0 Å². The van der Waals surface area contributed by atoms with E-state index in [1.165, 1.54) is 0 Å². The van der Waals surface area contributed by atoms with E-state index in [-0.39, 0.29) is 0 Å². The van der Waals surface area contributed by atoms with Crippen LogP contribution in [0.4, 0.5) is 0 Å². The molecule has 0 heterocycles. The molecular weight excluding hydrogens is 326 g/mol. The van der Waals surface area contributed by atoms with Crippen LogP contribution < -0.4 is 0 Å². The maximum absolute atomic E-state index is 4.28. The average molecular weight is 333 g/mol. The molecule has 0 saturated carbocycles. The molecule has 0 aliphatic heterocycles. The van der Waals surface area contributed by atoms with Crippen LogP contribution in [0.5, 0.6) is 0 Å². The molecule has 0 aliphatic carbocycles. The summed E-state index contributed by atoms with van der Waals surface area (Å²) in [4.78, 5) is 0. The number of hydrogen-bond acceptors (Lipinski definition) is 2. The van der Waals surface area contributed by atoms with E-state index in [0.717, 1.165) is 0 Å². The topological polar surface area (TPSA) is 0 Å². The third kappa shape index (κ3) is 5.75. The molecule has 0 saturated heterocycles. The quantitative estimate of drug-likeness (QED) is 0.714. The fraction of sp³-hybridized carbons (Fsp3) is 1.00. The van der Waals surface area contributed by atoms with Gasteiger partial charge in [0.2, 0.25) is 0 Å². The molecule has 0 aromatic heterocycles. The van der Waals surface area contributed by atoms with Gasteiger partial charge in [0.05, 0.1) is 0 Å². The molecule has 0 aromatic rings. The van der Waals surface area contributed by atoms with Gasteiger partial charge in [0.15, 0.2) is 0 Å². The molecule has 3 heteroatoms. The van der Waals surface area contributed by atoms with Crippen LogP contribution >= 0.6 is 16.0 Å². The van der Waals surface area contributed by atoms with Crippen molar-refractivity contribution >= 4 is 16.0 Å². The van der Waals surface area contributed by atoms with Crippen LogP contribution in [-0.2, 0) is 0 Å². The summed E-state index contributed by atoms with van der Waals surface area (Å²) < 4.78 is 2.27.